The number of benzene rings is 1. The lowest BCUT2D eigenvalue weighted by Gasteiger charge is -2.33. The third-order valence-electron chi connectivity index (χ3n) is 6.12. The van der Waals surface area contributed by atoms with Gasteiger partial charge in [0.15, 0.2) is 5.96 Å². The molecule has 0 bridgehead atoms. The average molecular weight is 448 g/mol. The van der Waals surface area contributed by atoms with Crippen molar-refractivity contribution < 1.29 is 8.78 Å². The minimum absolute atomic E-state index is 0.178. The topological polar surface area (TPSA) is 42.9 Å². The first-order chi connectivity index (χ1) is 15.1. The van der Waals surface area contributed by atoms with E-state index in [0.29, 0.717) is 18.2 Å². The molecule has 2 aliphatic rings. The number of thiophene rings is 1. The highest BCUT2D eigenvalue weighted by molar-refractivity contribution is 7.09. The summed E-state index contributed by atoms with van der Waals surface area (Å²) in [5, 5.41) is 9.11. The highest BCUT2D eigenvalue weighted by Gasteiger charge is 2.26. The number of likely N-dealkylation sites (tertiary alicyclic amines) is 1. The second-order valence-corrected chi connectivity index (χ2v) is 9.48. The van der Waals surface area contributed by atoms with Crippen LogP contribution in [0.15, 0.2) is 40.7 Å². The SMILES string of the molecule is CN=C(NCC1CCCN(Cc2cccs2)C1)NC1CCN(c2ccc(F)cc2F)C1. The van der Waals surface area contributed by atoms with Gasteiger partial charge in [0.25, 0.3) is 0 Å². The van der Waals surface area contributed by atoms with Crippen molar-refractivity contribution in [3.8, 4) is 0 Å². The summed E-state index contributed by atoms with van der Waals surface area (Å²) in [6.45, 7) is 5.60. The molecule has 0 spiro atoms. The monoisotopic (exact) mass is 447 g/mol. The molecule has 2 saturated heterocycles. The molecule has 2 aromatic rings. The van der Waals surface area contributed by atoms with Gasteiger partial charge in [-0.05, 0) is 55.3 Å². The zero-order valence-corrected chi connectivity index (χ0v) is 18.8. The molecule has 2 unspecified atom stereocenters. The number of guanidine groups is 1. The number of aliphatic imine (C=N–C) groups is 1. The molecule has 2 aliphatic heterocycles. The summed E-state index contributed by atoms with van der Waals surface area (Å²) in [6, 6.07) is 8.28. The number of anilines is 1. The molecule has 0 aliphatic carbocycles. The molecule has 1 aromatic heterocycles. The van der Waals surface area contributed by atoms with Gasteiger partial charge in [-0.15, -0.1) is 11.3 Å². The Balaban J connectivity index is 1.23. The molecular weight excluding hydrogens is 416 g/mol. The molecule has 0 amide bonds. The van der Waals surface area contributed by atoms with Crippen LogP contribution in [0.3, 0.4) is 0 Å². The summed E-state index contributed by atoms with van der Waals surface area (Å²) >= 11 is 1.83. The molecule has 4 rings (SSSR count). The normalized spacial score (nSPS) is 22.7. The van der Waals surface area contributed by atoms with E-state index in [0.717, 1.165) is 44.6 Å². The number of piperidine rings is 1. The van der Waals surface area contributed by atoms with Crippen molar-refractivity contribution in [2.75, 3.05) is 44.7 Å². The molecule has 3 heterocycles. The van der Waals surface area contributed by atoms with Crippen molar-refractivity contribution in [2.45, 2.75) is 31.8 Å². The van der Waals surface area contributed by atoms with E-state index in [1.165, 1.54) is 36.4 Å². The van der Waals surface area contributed by atoms with Crippen LogP contribution in [0, 0.1) is 17.6 Å². The van der Waals surface area contributed by atoms with Crippen molar-refractivity contribution in [1.82, 2.24) is 15.5 Å². The van der Waals surface area contributed by atoms with Crippen molar-refractivity contribution in [2.24, 2.45) is 10.9 Å². The van der Waals surface area contributed by atoms with Crippen LogP contribution >= 0.6 is 11.3 Å². The number of rotatable bonds is 6. The van der Waals surface area contributed by atoms with E-state index in [-0.39, 0.29) is 6.04 Å². The van der Waals surface area contributed by atoms with Crippen LogP contribution in [0.4, 0.5) is 14.5 Å². The number of halogens is 2. The van der Waals surface area contributed by atoms with Crippen LogP contribution in [0.25, 0.3) is 0 Å². The van der Waals surface area contributed by atoms with Gasteiger partial charge >= 0.3 is 0 Å². The largest absolute Gasteiger partial charge is 0.367 e. The Morgan fingerprint density at radius 3 is 2.87 bits per heavy atom. The van der Waals surface area contributed by atoms with E-state index < -0.39 is 11.6 Å². The maximum absolute atomic E-state index is 14.1. The molecule has 168 valence electrons. The van der Waals surface area contributed by atoms with Crippen molar-refractivity contribution >= 4 is 23.0 Å². The predicted molar refractivity (Wildman–Crippen MR) is 124 cm³/mol. The van der Waals surface area contributed by atoms with Gasteiger partial charge in [0.05, 0.1) is 5.69 Å². The van der Waals surface area contributed by atoms with Crippen molar-refractivity contribution in [3.05, 3.63) is 52.2 Å². The van der Waals surface area contributed by atoms with Crippen LogP contribution in [-0.2, 0) is 6.54 Å². The zero-order valence-electron chi connectivity index (χ0n) is 18.0. The minimum Gasteiger partial charge on any atom is -0.367 e. The number of hydrogen-bond acceptors (Lipinski definition) is 4. The standard InChI is InChI=1S/C23H31F2N5S/c1-26-23(27-13-17-4-2-9-29(14-17)16-20-5-3-11-31-20)28-19-8-10-30(15-19)22-7-6-18(24)12-21(22)25/h3,5-7,11-12,17,19H,2,4,8-10,13-16H2,1H3,(H2,26,27,28). The Hall–Kier alpha value is -2.19. The minimum atomic E-state index is -0.545. The maximum Gasteiger partial charge on any atom is 0.191 e. The fraction of sp³-hybridized carbons (Fsp3) is 0.522. The lowest BCUT2D eigenvalue weighted by atomic mass is 9.98. The number of nitrogens with one attached hydrogen (secondary N) is 2. The van der Waals surface area contributed by atoms with Gasteiger partial charge in [-0.1, -0.05) is 6.07 Å². The molecule has 8 heteroatoms. The average Bonchev–Trinajstić information content (AvgIpc) is 3.43. The fourth-order valence-corrected chi connectivity index (χ4v) is 5.29. The lowest BCUT2D eigenvalue weighted by Crippen LogP contribution is -2.47. The van der Waals surface area contributed by atoms with E-state index in [9.17, 15) is 8.78 Å². The second kappa shape index (κ2) is 10.4. The molecule has 2 fully saturated rings. The highest BCUT2D eigenvalue weighted by atomic mass is 32.1. The summed E-state index contributed by atoms with van der Waals surface area (Å²) in [5.41, 5.74) is 0.460. The summed E-state index contributed by atoms with van der Waals surface area (Å²) in [6.07, 6.45) is 3.34. The Bertz CT molecular complexity index is 873. The Morgan fingerprint density at radius 1 is 1.19 bits per heavy atom. The quantitative estimate of drug-likeness (QED) is 0.524. The van der Waals surface area contributed by atoms with Gasteiger partial charge in [0, 0.05) is 56.8 Å². The number of nitrogens with zero attached hydrogens (tertiary/aromatic N) is 3. The summed E-state index contributed by atoms with van der Waals surface area (Å²) in [5.74, 6) is 0.339. The van der Waals surface area contributed by atoms with Crippen LogP contribution in [0.2, 0.25) is 0 Å². The third kappa shape index (κ3) is 5.95. The summed E-state index contributed by atoms with van der Waals surface area (Å²) < 4.78 is 27.3. The highest BCUT2D eigenvalue weighted by Crippen LogP contribution is 2.24. The Labute approximate surface area is 187 Å². The molecule has 0 radical (unpaired) electrons. The molecule has 1 aromatic carbocycles. The van der Waals surface area contributed by atoms with E-state index in [1.807, 2.05) is 16.2 Å². The van der Waals surface area contributed by atoms with Crippen LogP contribution in [0.5, 0.6) is 0 Å². The van der Waals surface area contributed by atoms with Crippen molar-refractivity contribution in [3.63, 3.8) is 0 Å². The van der Waals surface area contributed by atoms with E-state index >= 15 is 0 Å². The molecule has 0 saturated carbocycles. The molecule has 31 heavy (non-hydrogen) atoms. The van der Waals surface area contributed by atoms with Gasteiger partial charge in [-0.25, -0.2) is 8.78 Å². The first-order valence-corrected chi connectivity index (χ1v) is 11.9. The van der Waals surface area contributed by atoms with Gasteiger partial charge in [0.2, 0.25) is 0 Å². The molecular formula is C23H31F2N5S. The molecule has 2 N–H and O–H groups in total. The lowest BCUT2D eigenvalue weighted by molar-refractivity contribution is 0.169. The fourth-order valence-electron chi connectivity index (χ4n) is 4.55. The van der Waals surface area contributed by atoms with Crippen LogP contribution < -0.4 is 15.5 Å². The molecule has 5 nitrogen and oxygen atoms in total. The first kappa shape index (κ1) is 22.0. The summed E-state index contributed by atoms with van der Waals surface area (Å²) in [4.78, 5) is 10.3. The van der Waals surface area contributed by atoms with Crippen LogP contribution in [0.1, 0.15) is 24.1 Å². The third-order valence-corrected chi connectivity index (χ3v) is 6.99. The van der Waals surface area contributed by atoms with Gasteiger partial charge in [0.1, 0.15) is 11.6 Å². The molecule has 2 atom stereocenters. The predicted octanol–water partition coefficient (Wildman–Crippen LogP) is 3.68. The van der Waals surface area contributed by atoms with E-state index in [1.54, 1.807) is 7.05 Å². The van der Waals surface area contributed by atoms with Gasteiger partial charge in [-0.2, -0.15) is 0 Å². The van der Waals surface area contributed by atoms with Crippen molar-refractivity contribution in [1.29, 1.82) is 0 Å². The second-order valence-electron chi connectivity index (χ2n) is 8.45. The smallest absolute Gasteiger partial charge is 0.191 e. The summed E-state index contributed by atoms with van der Waals surface area (Å²) in [7, 11) is 1.78. The number of hydrogen-bond donors (Lipinski definition) is 2. The van der Waals surface area contributed by atoms with Gasteiger partial charge < -0.3 is 15.5 Å². The Kier molecular flexibility index (Phi) is 7.40. The van der Waals surface area contributed by atoms with Gasteiger partial charge in [-0.3, -0.25) is 9.89 Å². The zero-order chi connectivity index (χ0) is 21.6. The van der Waals surface area contributed by atoms with Crippen LogP contribution in [-0.4, -0.2) is 56.7 Å². The first-order valence-electron chi connectivity index (χ1n) is 11.0. The van der Waals surface area contributed by atoms with E-state index in [4.69, 9.17) is 0 Å². The van der Waals surface area contributed by atoms with E-state index in [2.05, 4.69) is 38.0 Å². The Morgan fingerprint density at radius 2 is 2.10 bits per heavy atom. The maximum atomic E-state index is 14.1.